The molecule has 0 unspecified atom stereocenters. The molecule has 0 atom stereocenters. The monoisotopic (exact) mass is 278 g/mol. The van der Waals surface area contributed by atoms with Crippen molar-refractivity contribution in [2.45, 2.75) is 6.92 Å². The summed E-state index contributed by atoms with van der Waals surface area (Å²) in [6, 6.07) is 5.61. The van der Waals surface area contributed by atoms with E-state index in [0.29, 0.717) is 20.5 Å². The zero-order valence-corrected chi connectivity index (χ0v) is 9.97. The molecule has 3 rings (SSSR count). The maximum absolute atomic E-state index is 11.7. The van der Waals surface area contributed by atoms with Gasteiger partial charge in [0, 0.05) is 11.2 Å². The third-order valence-electron chi connectivity index (χ3n) is 2.45. The highest BCUT2D eigenvalue weighted by Gasteiger charge is 2.14. The van der Waals surface area contributed by atoms with Crippen molar-refractivity contribution in [3.05, 3.63) is 39.6 Å². The van der Waals surface area contributed by atoms with E-state index in [0.717, 1.165) is 11.1 Å². The number of rotatable bonds is 0. The lowest BCUT2D eigenvalue weighted by molar-refractivity contribution is -0.640. The van der Waals surface area contributed by atoms with Crippen LogP contribution in [-0.2, 0) is 0 Å². The Kier molecular flexibility index (Phi) is 1.88. The van der Waals surface area contributed by atoms with Crippen LogP contribution in [0.4, 0.5) is 0 Å². The SMILES string of the molecule is Cc1ccc2c(c1)[n+]([O-])nc1c(Br)cnn12. The molecule has 80 valence electrons. The Morgan fingerprint density at radius 2 is 2.25 bits per heavy atom. The normalized spacial score (nSPS) is 11.4. The van der Waals surface area contributed by atoms with E-state index in [2.05, 4.69) is 26.1 Å². The molecule has 16 heavy (non-hydrogen) atoms. The molecule has 0 fully saturated rings. The third kappa shape index (κ3) is 1.19. The second kappa shape index (κ2) is 3.15. The molecule has 0 N–H and O–H groups in total. The average molecular weight is 279 g/mol. The van der Waals surface area contributed by atoms with Crippen LogP contribution in [0.5, 0.6) is 0 Å². The van der Waals surface area contributed by atoms with Gasteiger partial charge in [0.25, 0.3) is 5.52 Å². The van der Waals surface area contributed by atoms with E-state index in [9.17, 15) is 5.21 Å². The van der Waals surface area contributed by atoms with Gasteiger partial charge in [-0.05, 0) is 39.3 Å². The second-order valence-corrected chi connectivity index (χ2v) is 4.45. The van der Waals surface area contributed by atoms with Crippen molar-refractivity contribution < 1.29 is 4.85 Å². The van der Waals surface area contributed by atoms with Gasteiger partial charge in [-0.3, -0.25) is 0 Å². The number of aryl methyl sites for hydroxylation is 1. The Balaban J connectivity index is 2.60. The molecule has 1 aromatic carbocycles. The van der Waals surface area contributed by atoms with Crippen LogP contribution in [0.15, 0.2) is 28.9 Å². The zero-order valence-electron chi connectivity index (χ0n) is 8.38. The van der Waals surface area contributed by atoms with E-state index in [4.69, 9.17) is 0 Å². The molecule has 0 aliphatic heterocycles. The highest BCUT2D eigenvalue weighted by molar-refractivity contribution is 9.10. The van der Waals surface area contributed by atoms with Gasteiger partial charge in [0.15, 0.2) is 0 Å². The molecule has 0 saturated heterocycles. The Hall–Kier alpha value is -1.69. The van der Waals surface area contributed by atoms with Gasteiger partial charge in [-0.25, -0.2) is 4.52 Å². The molecule has 2 aromatic heterocycles. The van der Waals surface area contributed by atoms with Crippen molar-refractivity contribution in [1.29, 1.82) is 0 Å². The zero-order chi connectivity index (χ0) is 11.3. The Morgan fingerprint density at radius 1 is 1.44 bits per heavy atom. The van der Waals surface area contributed by atoms with Crippen LogP contribution in [0.3, 0.4) is 0 Å². The summed E-state index contributed by atoms with van der Waals surface area (Å²) in [4.78, 5) is 0.629. The van der Waals surface area contributed by atoms with Crippen molar-refractivity contribution in [3.8, 4) is 0 Å². The van der Waals surface area contributed by atoms with Crippen LogP contribution in [0, 0.1) is 12.1 Å². The number of nitrogens with zero attached hydrogens (tertiary/aromatic N) is 4. The van der Waals surface area contributed by atoms with Crippen LogP contribution in [0.1, 0.15) is 5.56 Å². The Bertz CT molecular complexity index is 707. The highest BCUT2D eigenvalue weighted by atomic mass is 79.9. The van der Waals surface area contributed by atoms with Gasteiger partial charge < -0.3 is 5.21 Å². The summed E-state index contributed by atoms with van der Waals surface area (Å²) < 4.78 is 2.35. The molecule has 0 aliphatic rings. The summed E-state index contributed by atoms with van der Waals surface area (Å²) in [7, 11) is 0. The van der Waals surface area contributed by atoms with Gasteiger partial charge in [0.1, 0.15) is 5.52 Å². The lowest BCUT2D eigenvalue weighted by atomic mass is 10.2. The topological polar surface area (TPSA) is 57.1 Å². The van der Waals surface area contributed by atoms with Gasteiger partial charge in [-0.2, -0.15) is 5.10 Å². The molecule has 0 amide bonds. The molecule has 0 radical (unpaired) electrons. The minimum absolute atomic E-state index is 0.517. The number of benzene rings is 1. The maximum atomic E-state index is 11.7. The van der Waals surface area contributed by atoms with Crippen molar-refractivity contribution >= 4 is 32.6 Å². The maximum Gasteiger partial charge on any atom is 0.270 e. The largest absolute Gasteiger partial charge is 0.594 e. The smallest absolute Gasteiger partial charge is 0.270 e. The van der Waals surface area contributed by atoms with Crippen molar-refractivity contribution in [2.75, 3.05) is 0 Å². The Labute approximate surface area is 99.0 Å². The van der Waals surface area contributed by atoms with Crippen molar-refractivity contribution in [3.63, 3.8) is 0 Å². The molecule has 3 aromatic rings. The Morgan fingerprint density at radius 3 is 3.06 bits per heavy atom. The van der Waals surface area contributed by atoms with Crippen LogP contribution in [0.2, 0.25) is 0 Å². The number of aromatic nitrogens is 4. The van der Waals surface area contributed by atoms with Gasteiger partial charge in [0.05, 0.1) is 10.7 Å². The predicted octanol–water partition coefficient (Wildman–Crippen LogP) is 1.59. The molecule has 5 nitrogen and oxygen atoms in total. The summed E-state index contributed by atoms with van der Waals surface area (Å²) in [6.45, 7) is 1.93. The first kappa shape index (κ1) is 9.53. The quantitative estimate of drug-likeness (QED) is 0.464. The number of halogens is 1. The molecule has 0 aliphatic carbocycles. The van der Waals surface area contributed by atoms with Gasteiger partial charge in [-0.1, -0.05) is 6.07 Å². The van der Waals surface area contributed by atoms with Crippen LogP contribution >= 0.6 is 15.9 Å². The summed E-state index contributed by atoms with van der Waals surface area (Å²) in [5, 5.41) is 19.8. The van der Waals surface area contributed by atoms with E-state index in [1.54, 1.807) is 16.8 Å². The first-order valence-corrected chi connectivity index (χ1v) is 5.49. The van der Waals surface area contributed by atoms with Crippen molar-refractivity contribution in [1.82, 2.24) is 14.7 Å². The van der Waals surface area contributed by atoms with Crippen LogP contribution in [0.25, 0.3) is 16.7 Å². The van der Waals surface area contributed by atoms with E-state index in [1.165, 1.54) is 0 Å². The summed E-state index contributed by atoms with van der Waals surface area (Å²) in [5.74, 6) is 0. The van der Waals surface area contributed by atoms with Gasteiger partial charge in [0.2, 0.25) is 5.65 Å². The highest BCUT2D eigenvalue weighted by Crippen LogP contribution is 2.18. The molecule has 0 bridgehead atoms. The third-order valence-corrected chi connectivity index (χ3v) is 3.01. The molecule has 0 saturated carbocycles. The first-order valence-electron chi connectivity index (χ1n) is 4.70. The number of fused-ring (bicyclic) bond motifs is 3. The molecular formula is C10H7BrN4O. The average Bonchev–Trinajstić information content (AvgIpc) is 2.61. The minimum atomic E-state index is 0.517. The predicted molar refractivity (Wildman–Crippen MR) is 61.9 cm³/mol. The fraction of sp³-hybridized carbons (Fsp3) is 0.100. The fourth-order valence-corrected chi connectivity index (χ4v) is 2.03. The second-order valence-electron chi connectivity index (χ2n) is 3.59. The van der Waals surface area contributed by atoms with Crippen molar-refractivity contribution in [2.24, 2.45) is 0 Å². The molecule has 6 heteroatoms. The lowest BCUT2D eigenvalue weighted by Gasteiger charge is -2.02. The fourth-order valence-electron chi connectivity index (χ4n) is 1.69. The van der Waals surface area contributed by atoms with E-state index in [-0.39, 0.29) is 0 Å². The van der Waals surface area contributed by atoms with E-state index < -0.39 is 0 Å². The van der Waals surface area contributed by atoms with E-state index in [1.807, 2.05) is 19.1 Å². The van der Waals surface area contributed by atoms with Gasteiger partial charge >= 0.3 is 0 Å². The molecule has 2 heterocycles. The van der Waals surface area contributed by atoms with Crippen LogP contribution < -0.4 is 4.85 Å². The number of hydrogen-bond donors (Lipinski definition) is 0. The molecule has 0 spiro atoms. The summed E-state index contributed by atoms with van der Waals surface area (Å²) >= 11 is 3.30. The van der Waals surface area contributed by atoms with E-state index >= 15 is 0 Å². The standard InChI is InChI=1S/C10H7BrN4O/c1-6-2-3-8-9(4-6)15(16)13-10-7(11)5-12-14(8)10/h2-5H,1H3. The lowest BCUT2D eigenvalue weighted by Crippen LogP contribution is -2.33. The molecular weight excluding hydrogens is 272 g/mol. The first-order chi connectivity index (χ1) is 7.66. The summed E-state index contributed by atoms with van der Waals surface area (Å²) in [5.41, 5.74) is 2.80. The minimum Gasteiger partial charge on any atom is -0.594 e. The van der Waals surface area contributed by atoms with Crippen LogP contribution in [-0.4, -0.2) is 14.7 Å². The van der Waals surface area contributed by atoms with Gasteiger partial charge in [-0.15, -0.1) is 0 Å². The number of hydrogen-bond acceptors (Lipinski definition) is 3. The summed E-state index contributed by atoms with van der Waals surface area (Å²) in [6.07, 6.45) is 1.63.